The number of nitriles is 2. The molecule has 0 radical (unpaired) electrons. The lowest BCUT2D eigenvalue weighted by Crippen LogP contribution is -2.25. The van der Waals surface area contributed by atoms with Crippen molar-refractivity contribution in [1.29, 1.82) is 10.5 Å². The zero-order chi connectivity index (χ0) is 18.6. The lowest BCUT2D eigenvalue weighted by atomic mass is 10.0. The van der Waals surface area contributed by atoms with Gasteiger partial charge in [0.1, 0.15) is 0 Å². The van der Waals surface area contributed by atoms with Crippen LogP contribution in [0.3, 0.4) is 0 Å². The summed E-state index contributed by atoms with van der Waals surface area (Å²) in [7, 11) is 0. The molecule has 0 aromatic rings. The Morgan fingerprint density at radius 3 is 1.28 bits per heavy atom. The molecule has 25 heavy (non-hydrogen) atoms. The monoisotopic (exact) mass is 347 g/mol. The molecule has 0 aliphatic heterocycles. The third-order valence-electron chi connectivity index (χ3n) is 5.19. The maximum atomic E-state index is 8.91. The van der Waals surface area contributed by atoms with Gasteiger partial charge in [0.15, 0.2) is 12.4 Å². The van der Waals surface area contributed by atoms with E-state index in [-0.39, 0.29) is 6.04 Å². The van der Waals surface area contributed by atoms with Gasteiger partial charge in [0.25, 0.3) is 0 Å². The van der Waals surface area contributed by atoms with Gasteiger partial charge < -0.3 is 0 Å². The summed E-state index contributed by atoms with van der Waals surface area (Å²) in [5, 5.41) is 17.8. The van der Waals surface area contributed by atoms with Crippen LogP contribution in [-0.2, 0) is 0 Å². The number of hydrogen-bond donors (Lipinski definition) is 0. The van der Waals surface area contributed by atoms with Crippen LogP contribution in [0.5, 0.6) is 0 Å². The summed E-state index contributed by atoms with van der Waals surface area (Å²) < 4.78 is 0. The Bertz CT molecular complexity index is 339. The van der Waals surface area contributed by atoms with Gasteiger partial charge in [0.05, 0.1) is 6.04 Å². The second-order valence-corrected chi connectivity index (χ2v) is 7.37. The second-order valence-electron chi connectivity index (χ2n) is 7.37. The quantitative estimate of drug-likeness (QED) is 0.148. The van der Waals surface area contributed by atoms with Crippen molar-refractivity contribution in [2.75, 3.05) is 0 Å². The average Bonchev–Trinajstić information content (AvgIpc) is 2.64. The minimum Gasteiger partial charge on any atom is -0.212 e. The highest BCUT2D eigenvalue weighted by molar-refractivity contribution is 4.91. The highest BCUT2D eigenvalue weighted by Crippen LogP contribution is 2.16. The van der Waals surface area contributed by atoms with Crippen LogP contribution in [0.25, 0.3) is 0 Å². The van der Waals surface area contributed by atoms with Gasteiger partial charge in [0, 0.05) is 0 Å². The van der Waals surface area contributed by atoms with E-state index in [1.54, 1.807) is 0 Å². The molecule has 0 aromatic heterocycles. The first-order valence-corrected chi connectivity index (χ1v) is 10.9. The fourth-order valence-electron chi connectivity index (χ4n) is 3.45. The topological polar surface area (TPSA) is 50.8 Å². The van der Waals surface area contributed by atoms with Crippen LogP contribution in [0.15, 0.2) is 0 Å². The molecule has 0 N–H and O–H groups in total. The highest BCUT2D eigenvalue weighted by Gasteiger charge is 2.13. The van der Waals surface area contributed by atoms with Gasteiger partial charge in [-0.05, 0) is 12.8 Å². The number of rotatable bonds is 18. The van der Waals surface area contributed by atoms with Crippen molar-refractivity contribution in [3.8, 4) is 12.4 Å². The summed E-state index contributed by atoms with van der Waals surface area (Å²) in [5.74, 6) is 0. The Morgan fingerprint density at radius 1 is 0.600 bits per heavy atom. The van der Waals surface area contributed by atoms with Gasteiger partial charge in [-0.15, -0.1) is 0 Å². The van der Waals surface area contributed by atoms with Crippen molar-refractivity contribution < 1.29 is 0 Å². The minimum absolute atomic E-state index is 0.108. The number of hydrogen-bond acceptors (Lipinski definition) is 3. The molecule has 0 heterocycles. The third-order valence-corrected chi connectivity index (χ3v) is 5.19. The third kappa shape index (κ3) is 14.8. The minimum atomic E-state index is 0.108. The first-order valence-electron chi connectivity index (χ1n) is 10.9. The molecular weight excluding hydrogens is 306 g/mol. The lowest BCUT2D eigenvalue weighted by molar-refractivity contribution is 0.345. The first-order chi connectivity index (χ1) is 12.3. The molecule has 0 aromatic carbocycles. The number of unbranched alkanes of at least 4 members (excludes halogenated alkanes) is 14. The van der Waals surface area contributed by atoms with Gasteiger partial charge in [-0.25, -0.2) is 4.90 Å². The van der Waals surface area contributed by atoms with E-state index in [4.69, 9.17) is 10.5 Å². The van der Waals surface area contributed by atoms with Crippen LogP contribution in [0, 0.1) is 22.9 Å². The van der Waals surface area contributed by atoms with Gasteiger partial charge in [0.2, 0.25) is 0 Å². The maximum Gasteiger partial charge on any atom is 0.193 e. The molecule has 144 valence electrons. The molecule has 0 amide bonds. The summed E-state index contributed by atoms with van der Waals surface area (Å²) >= 11 is 0. The fraction of sp³-hybridized carbons (Fsp3) is 0.909. The van der Waals surface area contributed by atoms with E-state index < -0.39 is 0 Å². The predicted octanol–water partition coefficient (Wildman–Crippen LogP) is 7.29. The highest BCUT2D eigenvalue weighted by atomic mass is 15.1. The molecule has 0 bridgehead atoms. The molecule has 0 spiro atoms. The Kier molecular flexibility index (Phi) is 18.2. The average molecular weight is 348 g/mol. The van der Waals surface area contributed by atoms with Crippen LogP contribution in [0.1, 0.15) is 123 Å². The van der Waals surface area contributed by atoms with Crippen molar-refractivity contribution >= 4 is 0 Å². The van der Waals surface area contributed by atoms with E-state index in [0.29, 0.717) is 0 Å². The Labute approximate surface area is 157 Å². The Hall–Kier alpha value is -1.22. The van der Waals surface area contributed by atoms with Crippen LogP contribution in [0.4, 0.5) is 0 Å². The molecular formula is C22H41N3. The lowest BCUT2D eigenvalue weighted by Gasteiger charge is -2.18. The Balaban J connectivity index is 3.29. The van der Waals surface area contributed by atoms with Crippen molar-refractivity contribution in [3.05, 3.63) is 0 Å². The molecule has 1 atom stereocenters. The molecule has 3 nitrogen and oxygen atoms in total. The van der Waals surface area contributed by atoms with Gasteiger partial charge in [-0.3, -0.25) is 0 Å². The summed E-state index contributed by atoms with van der Waals surface area (Å²) in [4.78, 5) is 1.25. The van der Waals surface area contributed by atoms with E-state index in [0.717, 1.165) is 19.3 Å². The molecule has 0 rings (SSSR count). The van der Waals surface area contributed by atoms with Gasteiger partial charge >= 0.3 is 0 Å². The molecule has 0 saturated heterocycles. The van der Waals surface area contributed by atoms with Crippen LogP contribution in [-0.4, -0.2) is 10.9 Å². The summed E-state index contributed by atoms with van der Waals surface area (Å²) in [6, 6.07) is 0.108. The summed E-state index contributed by atoms with van der Waals surface area (Å²) in [5.41, 5.74) is 0. The molecule has 3 heteroatoms. The largest absolute Gasteiger partial charge is 0.212 e. The van der Waals surface area contributed by atoms with E-state index in [9.17, 15) is 0 Å². The maximum absolute atomic E-state index is 8.91. The van der Waals surface area contributed by atoms with E-state index in [2.05, 4.69) is 13.8 Å². The van der Waals surface area contributed by atoms with E-state index in [1.807, 2.05) is 12.4 Å². The summed E-state index contributed by atoms with van der Waals surface area (Å²) in [6.45, 7) is 4.33. The normalized spacial score (nSPS) is 11.7. The molecule has 0 saturated carbocycles. The molecule has 0 aliphatic rings. The van der Waals surface area contributed by atoms with E-state index >= 15 is 0 Å². The molecule has 1 unspecified atom stereocenters. The van der Waals surface area contributed by atoms with Crippen LogP contribution in [0.2, 0.25) is 0 Å². The van der Waals surface area contributed by atoms with Crippen LogP contribution >= 0.6 is 0 Å². The van der Waals surface area contributed by atoms with E-state index in [1.165, 1.54) is 94.8 Å². The van der Waals surface area contributed by atoms with Gasteiger partial charge in [-0.1, -0.05) is 110 Å². The van der Waals surface area contributed by atoms with Gasteiger partial charge in [-0.2, -0.15) is 10.5 Å². The fourth-order valence-corrected chi connectivity index (χ4v) is 3.45. The van der Waals surface area contributed by atoms with Crippen molar-refractivity contribution in [1.82, 2.24) is 4.90 Å². The molecule has 0 fully saturated rings. The first kappa shape index (κ1) is 23.8. The second kappa shape index (κ2) is 19.1. The Morgan fingerprint density at radius 2 is 0.960 bits per heavy atom. The van der Waals surface area contributed by atoms with Crippen molar-refractivity contribution in [2.45, 2.75) is 129 Å². The van der Waals surface area contributed by atoms with Crippen LogP contribution < -0.4 is 0 Å². The molecule has 0 aliphatic carbocycles. The smallest absolute Gasteiger partial charge is 0.193 e. The standard InChI is InChI=1S/C22H41N3/c1-3-5-6-7-8-9-10-11-12-13-14-15-16-17-18-19-22(4-2)25(20-23)21-24/h22H,3-19H2,1-2H3. The van der Waals surface area contributed by atoms with Crippen molar-refractivity contribution in [2.24, 2.45) is 0 Å². The summed E-state index contributed by atoms with van der Waals surface area (Å²) in [6.07, 6.45) is 26.3. The number of nitrogens with zero attached hydrogens (tertiary/aromatic N) is 3. The predicted molar refractivity (Wildman–Crippen MR) is 107 cm³/mol. The zero-order valence-corrected chi connectivity index (χ0v) is 16.9. The SMILES string of the molecule is CCCCCCCCCCCCCCCCCC(CC)N(C#N)C#N. The zero-order valence-electron chi connectivity index (χ0n) is 16.9. The van der Waals surface area contributed by atoms with Crippen molar-refractivity contribution in [3.63, 3.8) is 0 Å².